The number of carbonyl (C=O) groups is 2. The maximum atomic E-state index is 11.1. The number of ether oxygens (including phenoxy) is 2. The van der Waals surface area contributed by atoms with Gasteiger partial charge in [0.2, 0.25) is 0 Å². The second kappa shape index (κ2) is 5.20. The molecule has 1 aromatic carbocycles. The van der Waals surface area contributed by atoms with E-state index in [2.05, 4.69) is 22.6 Å². The zero-order chi connectivity index (χ0) is 14.2. The van der Waals surface area contributed by atoms with Crippen LogP contribution in [0, 0.1) is 3.57 Å². The van der Waals surface area contributed by atoms with Crippen LogP contribution >= 0.6 is 22.6 Å². The minimum Gasteiger partial charge on any atom is -0.423 e. The predicted molar refractivity (Wildman–Crippen MR) is 78.3 cm³/mol. The number of aryl methyl sites for hydroxylation is 1. The molecule has 2 aromatic rings. The fourth-order valence-corrected chi connectivity index (χ4v) is 2.66. The Labute approximate surface area is 123 Å². The lowest BCUT2D eigenvalue weighted by molar-refractivity contribution is -0.134. The van der Waals surface area contributed by atoms with Gasteiger partial charge < -0.3 is 14.0 Å². The van der Waals surface area contributed by atoms with Gasteiger partial charge in [0.15, 0.2) is 11.5 Å². The van der Waals surface area contributed by atoms with Gasteiger partial charge >= 0.3 is 11.9 Å². The minimum absolute atomic E-state index is 0.243. The molecule has 0 N–H and O–H groups in total. The van der Waals surface area contributed by atoms with Crippen LogP contribution in [0.4, 0.5) is 0 Å². The Balaban J connectivity index is 2.64. The van der Waals surface area contributed by atoms with E-state index in [9.17, 15) is 9.59 Å². The van der Waals surface area contributed by atoms with Crippen LogP contribution in [0.2, 0.25) is 0 Å². The first-order chi connectivity index (χ1) is 8.88. The van der Waals surface area contributed by atoms with E-state index in [0.717, 1.165) is 14.5 Å². The van der Waals surface area contributed by atoms with Gasteiger partial charge in [0.1, 0.15) is 0 Å². The first-order valence-corrected chi connectivity index (χ1v) is 6.61. The van der Waals surface area contributed by atoms with Crippen LogP contribution in [0.1, 0.15) is 13.8 Å². The van der Waals surface area contributed by atoms with Crippen LogP contribution in [0.25, 0.3) is 10.9 Å². The van der Waals surface area contributed by atoms with Crippen molar-refractivity contribution in [3.8, 4) is 11.5 Å². The summed E-state index contributed by atoms with van der Waals surface area (Å²) in [6.07, 6.45) is 1.94. The van der Waals surface area contributed by atoms with Crippen molar-refractivity contribution in [2.75, 3.05) is 0 Å². The topological polar surface area (TPSA) is 57.5 Å². The van der Waals surface area contributed by atoms with Crippen molar-refractivity contribution >= 4 is 45.4 Å². The van der Waals surface area contributed by atoms with E-state index in [4.69, 9.17) is 9.47 Å². The van der Waals surface area contributed by atoms with Crippen LogP contribution in [-0.4, -0.2) is 16.5 Å². The lowest BCUT2D eigenvalue weighted by Crippen LogP contribution is -2.07. The van der Waals surface area contributed by atoms with Gasteiger partial charge in [-0.15, -0.1) is 0 Å². The molecule has 0 unspecified atom stereocenters. The molecule has 0 amide bonds. The highest BCUT2D eigenvalue weighted by Crippen LogP contribution is 2.35. The van der Waals surface area contributed by atoms with E-state index < -0.39 is 11.9 Å². The number of benzene rings is 1. The van der Waals surface area contributed by atoms with Gasteiger partial charge in [-0.05, 0) is 28.7 Å². The van der Waals surface area contributed by atoms with Crippen molar-refractivity contribution in [2.24, 2.45) is 7.05 Å². The molecular formula is C13H12INO4. The fourth-order valence-electron chi connectivity index (χ4n) is 1.81. The molecule has 0 aliphatic heterocycles. The van der Waals surface area contributed by atoms with Crippen LogP contribution in [-0.2, 0) is 16.6 Å². The normalized spacial score (nSPS) is 10.5. The molecule has 0 radical (unpaired) electrons. The maximum absolute atomic E-state index is 11.1. The Kier molecular flexibility index (Phi) is 3.79. The number of aromatic nitrogens is 1. The number of rotatable bonds is 2. The van der Waals surface area contributed by atoms with Gasteiger partial charge in [0, 0.05) is 42.1 Å². The second-order valence-corrected chi connectivity index (χ2v) is 5.25. The summed E-state index contributed by atoms with van der Waals surface area (Å²) in [4.78, 5) is 22.2. The summed E-state index contributed by atoms with van der Waals surface area (Å²) in [7, 11) is 1.90. The smallest absolute Gasteiger partial charge is 0.308 e. The molecule has 6 heteroatoms. The summed E-state index contributed by atoms with van der Waals surface area (Å²) < 4.78 is 13.1. The second-order valence-electron chi connectivity index (χ2n) is 4.09. The zero-order valence-corrected chi connectivity index (χ0v) is 12.8. The Bertz CT molecular complexity index is 619. The van der Waals surface area contributed by atoms with Crippen molar-refractivity contribution in [1.29, 1.82) is 0 Å². The van der Waals surface area contributed by atoms with Crippen LogP contribution < -0.4 is 9.47 Å². The number of hydrogen-bond donors (Lipinski definition) is 0. The number of fused-ring (bicyclic) bond motifs is 1. The lowest BCUT2D eigenvalue weighted by Gasteiger charge is -2.09. The molecular weight excluding hydrogens is 361 g/mol. The summed E-state index contributed by atoms with van der Waals surface area (Å²) >= 11 is 2.20. The molecule has 2 rings (SSSR count). The molecule has 1 aromatic heterocycles. The Morgan fingerprint density at radius 3 is 2.16 bits per heavy atom. The molecule has 0 bridgehead atoms. The molecule has 1 heterocycles. The molecule has 0 spiro atoms. The van der Waals surface area contributed by atoms with Crippen LogP contribution in [0.15, 0.2) is 18.3 Å². The summed E-state index contributed by atoms with van der Waals surface area (Å²) in [5, 5.41) is 0.940. The van der Waals surface area contributed by atoms with Crippen molar-refractivity contribution in [1.82, 2.24) is 4.57 Å². The van der Waals surface area contributed by atoms with Gasteiger partial charge in [-0.25, -0.2) is 0 Å². The molecule has 0 fully saturated rings. The number of carbonyl (C=O) groups excluding carboxylic acids is 2. The van der Waals surface area contributed by atoms with E-state index in [0.29, 0.717) is 0 Å². The Morgan fingerprint density at radius 1 is 1.11 bits per heavy atom. The average molecular weight is 373 g/mol. The van der Waals surface area contributed by atoms with Gasteiger partial charge in [-0.1, -0.05) is 0 Å². The van der Waals surface area contributed by atoms with Crippen molar-refractivity contribution in [2.45, 2.75) is 13.8 Å². The van der Waals surface area contributed by atoms with Crippen molar-refractivity contribution in [3.63, 3.8) is 0 Å². The number of hydrogen-bond acceptors (Lipinski definition) is 4. The monoisotopic (exact) mass is 373 g/mol. The van der Waals surface area contributed by atoms with Crippen molar-refractivity contribution < 1.29 is 19.1 Å². The molecule has 100 valence electrons. The van der Waals surface area contributed by atoms with Gasteiger partial charge in [-0.2, -0.15) is 0 Å². The fraction of sp³-hybridized carbons (Fsp3) is 0.231. The standard InChI is InChI=1S/C13H12INO4/c1-7(16)18-12-4-9-10(14)6-15(3)11(9)5-13(12)19-8(2)17/h4-6H,1-3H3. The van der Waals surface area contributed by atoms with Gasteiger partial charge in [0.25, 0.3) is 0 Å². The van der Waals surface area contributed by atoms with Crippen molar-refractivity contribution in [3.05, 3.63) is 21.9 Å². The third-order valence-corrected chi connectivity index (χ3v) is 3.37. The number of esters is 2. The first-order valence-electron chi connectivity index (χ1n) is 5.54. The summed E-state index contributed by atoms with van der Waals surface area (Å²) in [6.45, 7) is 2.61. The van der Waals surface area contributed by atoms with E-state index >= 15 is 0 Å². The van der Waals surface area contributed by atoms with E-state index in [1.165, 1.54) is 13.8 Å². The largest absolute Gasteiger partial charge is 0.423 e. The number of halogens is 1. The Morgan fingerprint density at radius 2 is 1.63 bits per heavy atom. The molecule has 0 saturated heterocycles. The highest BCUT2D eigenvalue weighted by molar-refractivity contribution is 14.1. The highest BCUT2D eigenvalue weighted by Gasteiger charge is 2.15. The van der Waals surface area contributed by atoms with E-state index in [-0.39, 0.29) is 11.5 Å². The number of nitrogens with zero attached hydrogens (tertiary/aromatic N) is 1. The quantitative estimate of drug-likeness (QED) is 0.462. The van der Waals surface area contributed by atoms with E-state index in [1.807, 2.05) is 17.8 Å². The van der Waals surface area contributed by atoms with Crippen LogP contribution in [0.5, 0.6) is 11.5 Å². The summed E-state index contributed by atoms with van der Waals surface area (Å²) in [6, 6.07) is 3.40. The van der Waals surface area contributed by atoms with E-state index in [1.54, 1.807) is 12.1 Å². The third-order valence-electron chi connectivity index (χ3n) is 2.51. The summed E-state index contributed by atoms with van der Waals surface area (Å²) in [5.41, 5.74) is 0.900. The zero-order valence-electron chi connectivity index (χ0n) is 10.7. The average Bonchev–Trinajstić information content (AvgIpc) is 2.54. The maximum Gasteiger partial charge on any atom is 0.308 e. The highest BCUT2D eigenvalue weighted by atomic mass is 127. The lowest BCUT2D eigenvalue weighted by atomic mass is 10.2. The molecule has 5 nitrogen and oxygen atoms in total. The third kappa shape index (κ3) is 2.89. The summed E-state index contributed by atoms with van der Waals surface area (Å²) in [5.74, 6) is -0.428. The van der Waals surface area contributed by atoms with Gasteiger partial charge in [0.05, 0.1) is 5.52 Å². The SMILES string of the molecule is CC(=O)Oc1cc2c(I)cn(C)c2cc1OC(C)=O. The molecule has 0 atom stereocenters. The minimum atomic E-state index is -0.461. The molecule has 0 saturated carbocycles. The molecule has 0 aliphatic carbocycles. The molecule has 19 heavy (non-hydrogen) atoms. The van der Waals surface area contributed by atoms with Gasteiger partial charge in [-0.3, -0.25) is 9.59 Å². The first kappa shape index (κ1) is 13.9. The Hall–Kier alpha value is -1.57. The van der Waals surface area contributed by atoms with Crippen LogP contribution in [0.3, 0.4) is 0 Å². The predicted octanol–water partition coefficient (Wildman–Crippen LogP) is 2.63. The molecule has 0 aliphatic rings.